The van der Waals surface area contributed by atoms with Crippen LogP contribution in [0.3, 0.4) is 0 Å². The fourth-order valence-electron chi connectivity index (χ4n) is 3.45. The first-order valence-corrected chi connectivity index (χ1v) is 11.8. The number of carbonyl (C=O) groups is 2. The smallest absolute Gasteiger partial charge is 0.463 e. The lowest BCUT2D eigenvalue weighted by molar-refractivity contribution is -0.153. The number of nitrogens with one attached hydrogen (secondary N) is 1. The largest absolute Gasteiger partial charge is 0.519 e. The summed E-state index contributed by atoms with van der Waals surface area (Å²) in [5.41, 5.74) is -0.0364. The van der Waals surface area contributed by atoms with Gasteiger partial charge in [-0.2, -0.15) is 14.4 Å². The number of imidazole rings is 1. The van der Waals surface area contributed by atoms with Crippen LogP contribution in [0, 0.1) is 13.0 Å². The molecule has 3 heterocycles. The van der Waals surface area contributed by atoms with Crippen molar-refractivity contribution < 1.29 is 37.0 Å². The van der Waals surface area contributed by atoms with Crippen LogP contribution in [0.25, 0.3) is 11.2 Å². The molecule has 0 radical (unpaired) electrons. The monoisotopic (exact) mass is 538 g/mol. The highest BCUT2D eigenvalue weighted by Gasteiger charge is 2.27. The van der Waals surface area contributed by atoms with E-state index in [2.05, 4.69) is 20.3 Å². The number of hydrogen-bond acceptors (Lipinski definition) is 12. The van der Waals surface area contributed by atoms with E-state index in [0.29, 0.717) is 30.6 Å². The molecule has 14 nitrogen and oxygen atoms in total. The van der Waals surface area contributed by atoms with Crippen molar-refractivity contribution in [2.24, 2.45) is 0 Å². The lowest BCUT2D eigenvalue weighted by Crippen LogP contribution is -2.36. The molecule has 38 heavy (non-hydrogen) atoms. The molecule has 0 fully saturated rings. The van der Waals surface area contributed by atoms with E-state index in [1.165, 1.54) is 32.3 Å². The van der Waals surface area contributed by atoms with Gasteiger partial charge in [0.05, 0.1) is 6.33 Å². The third-order valence-corrected chi connectivity index (χ3v) is 5.93. The molecular formula is C23H31FN6O8. The van der Waals surface area contributed by atoms with Gasteiger partial charge in [0.2, 0.25) is 0 Å². The van der Waals surface area contributed by atoms with Crippen molar-refractivity contribution in [2.45, 2.75) is 51.9 Å². The van der Waals surface area contributed by atoms with Crippen LogP contribution in [-0.2, 0) is 32.2 Å². The summed E-state index contributed by atoms with van der Waals surface area (Å²) in [5.74, 6) is -0.665. The van der Waals surface area contributed by atoms with Gasteiger partial charge in [-0.1, -0.05) is 0 Å². The zero-order valence-corrected chi connectivity index (χ0v) is 21.9. The van der Waals surface area contributed by atoms with Gasteiger partial charge in [-0.25, -0.2) is 14.6 Å². The Morgan fingerprint density at radius 1 is 1.26 bits per heavy atom. The molecular weight excluding hydrogens is 507 g/mol. The minimum absolute atomic E-state index is 0.00674. The topological polar surface area (TPSA) is 164 Å². The summed E-state index contributed by atoms with van der Waals surface area (Å²) in [4.78, 5) is 48.5. The van der Waals surface area contributed by atoms with Gasteiger partial charge in [0, 0.05) is 40.7 Å². The predicted molar refractivity (Wildman–Crippen MR) is 130 cm³/mol. The number of nitrogens with zero attached hydrogens (tertiary/aromatic N) is 5. The standard InChI is InChI=1S/C23H31FN6O8/c1-14-15(38-22(33)37-14)11-35-21(32)29(4)9-6-7-16(31)36-12-23(2,34-5)8-10-30-13-26-17-18(25-3)27-20(24)28-19(17)30/h13H,6-12H2,1-5H3,(H,25,27,28)/t23-/m0/s1. The molecule has 0 aliphatic heterocycles. The molecule has 1 amide bonds. The summed E-state index contributed by atoms with van der Waals surface area (Å²) < 4.78 is 41.0. The second-order valence-corrected chi connectivity index (χ2v) is 8.78. The molecule has 0 aromatic carbocycles. The van der Waals surface area contributed by atoms with Gasteiger partial charge in [0.15, 0.2) is 35.1 Å². The maximum Gasteiger partial charge on any atom is 0.519 e. The number of methoxy groups -OCH3 is 1. The fourth-order valence-corrected chi connectivity index (χ4v) is 3.45. The quantitative estimate of drug-likeness (QED) is 0.250. The lowest BCUT2D eigenvalue weighted by atomic mass is 10.0. The fraction of sp³-hybridized carbons (Fsp3) is 0.565. The number of anilines is 1. The first-order chi connectivity index (χ1) is 18.0. The van der Waals surface area contributed by atoms with Crippen LogP contribution in [0.5, 0.6) is 0 Å². The Labute approximate surface area is 217 Å². The van der Waals surface area contributed by atoms with Gasteiger partial charge in [-0.05, 0) is 26.7 Å². The molecule has 0 aliphatic rings. The Morgan fingerprint density at radius 2 is 2.03 bits per heavy atom. The average molecular weight is 539 g/mol. The Balaban J connectivity index is 1.42. The van der Waals surface area contributed by atoms with Gasteiger partial charge < -0.3 is 37.8 Å². The third-order valence-electron chi connectivity index (χ3n) is 5.93. The molecule has 0 saturated heterocycles. The number of fused-ring (bicyclic) bond motifs is 1. The highest BCUT2D eigenvalue weighted by Crippen LogP contribution is 2.22. The van der Waals surface area contributed by atoms with Gasteiger partial charge in [0.25, 0.3) is 0 Å². The summed E-state index contributed by atoms with van der Waals surface area (Å²) in [6.07, 6.45) is 0.860. The first kappa shape index (κ1) is 28.6. The summed E-state index contributed by atoms with van der Waals surface area (Å²) in [7, 11) is 4.65. The van der Waals surface area contributed by atoms with E-state index in [0.717, 1.165) is 0 Å². The zero-order chi connectivity index (χ0) is 27.9. The molecule has 0 saturated carbocycles. The predicted octanol–water partition coefficient (Wildman–Crippen LogP) is 2.25. The molecule has 208 valence electrons. The number of halogens is 1. The van der Waals surface area contributed by atoms with Crippen molar-refractivity contribution in [3.05, 3.63) is 34.5 Å². The van der Waals surface area contributed by atoms with Crippen molar-refractivity contribution in [1.29, 1.82) is 0 Å². The van der Waals surface area contributed by atoms with Crippen molar-refractivity contribution in [2.75, 3.05) is 39.7 Å². The van der Waals surface area contributed by atoms with E-state index in [4.69, 9.17) is 23.0 Å². The number of carbonyl (C=O) groups excluding carboxylic acids is 2. The molecule has 3 aromatic heterocycles. The maximum atomic E-state index is 13.8. The molecule has 0 unspecified atom stereocenters. The minimum Gasteiger partial charge on any atom is -0.463 e. The summed E-state index contributed by atoms with van der Waals surface area (Å²) in [6, 6.07) is 0. The number of aromatic nitrogens is 4. The molecule has 0 spiro atoms. The van der Waals surface area contributed by atoms with Crippen LogP contribution in [0.15, 0.2) is 20.0 Å². The van der Waals surface area contributed by atoms with Gasteiger partial charge in [0.1, 0.15) is 12.2 Å². The first-order valence-electron chi connectivity index (χ1n) is 11.8. The average Bonchev–Trinajstić information content (AvgIpc) is 3.45. The van der Waals surface area contributed by atoms with Crippen LogP contribution < -0.4 is 11.1 Å². The Hall–Kier alpha value is -4.01. The normalized spacial score (nSPS) is 12.8. The summed E-state index contributed by atoms with van der Waals surface area (Å²) in [5, 5.41) is 2.79. The maximum absolute atomic E-state index is 13.8. The second-order valence-electron chi connectivity index (χ2n) is 8.78. The molecule has 15 heteroatoms. The number of amides is 1. The lowest BCUT2D eigenvalue weighted by Gasteiger charge is -2.27. The van der Waals surface area contributed by atoms with Gasteiger partial charge in [-0.15, -0.1) is 0 Å². The third kappa shape index (κ3) is 7.27. The molecule has 0 bridgehead atoms. The molecule has 1 atom stereocenters. The molecule has 0 aliphatic carbocycles. The van der Waals surface area contributed by atoms with E-state index in [1.807, 2.05) is 0 Å². The van der Waals surface area contributed by atoms with Crippen molar-refractivity contribution in [1.82, 2.24) is 24.4 Å². The van der Waals surface area contributed by atoms with Crippen molar-refractivity contribution >= 4 is 29.0 Å². The Morgan fingerprint density at radius 3 is 2.68 bits per heavy atom. The molecule has 3 aromatic rings. The van der Waals surface area contributed by atoms with Crippen LogP contribution >= 0.6 is 0 Å². The van der Waals surface area contributed by atoms with E-state index >= 15 is 0 Å². The van der Waals surface area contributed by atoms with Crippen LogP contribution in [0.4, 0.5) is 15.0 Å². The Kier molecular flexibility index (Phi) is 9.39. The van der Waals surface area contributed by atoms with E-state index in [-0.39, 0.29) is 43.5 Å². The van der Waals surface area contributed by atoms with E-state index < -0.39 is 29.6 Å². The van der Waals surface area contributed by atoms with Gasteiger partial charge in [-0.3, -0.25) is 4.79 Å². The van der Waals surface area contributed by atoms with Crippen LogP contribution in [0.2, 0.25) is 0 Å². The highest BCUT2D eigenvalue weighted by molar-refractivity contribution is 5.82. The molecule has 3 rings (SSSR count). The number of hydrogen-bond donors (Lipinski definition) is 1. The van der Waals surface area contributed by atoms with E-state index in [1.54, 1.807) is 18.5 Å². The number of rotatable bonds is 13. The number of aryl methyl sites for hydroxylation is 2. The number of ether oxygens (including phenoxy) is 3. The summed E-state index contributed by atoms with van der Waals surface area (Å²) in [6.45, 7) is 3.69. The molecule has 1 N–H and O–H groups in total. The minimum atomic E-state index is -0.868. The van der Waals surface area contributed by atoms with Gasteiger partial charge >= 0.3 is 24.0 Å². The number of esters is 1. The SMILES string of the molecule is CNc1nc(F)nc2c1ncn2CC[C@@](C)(COC(=O)CCCN(C)C(=O)OCc1oc(=O)oc1C)OC. The second kappa shape index (κ2) is 12.5. The van der Waals surface area contributed by atoms with Crippen LogP contribution in [0.1, 0.15) is 37.7 Å². The van der Waals surface area contributed by atoms with Crippen molar-refractivity contribution in [3.63, 3.8) is 0 Å². The Bertz CT molecular complexity index is 1320. The van der Waals surface area contributed by atoms with Crippen LogP contribution in [-0.4, -0.2) is 76.4 Å². The highest BCUT2D eigenvalue weighted by atomic mass is 19.1. The van der Waals surface area contributed by atoms with E-state index in [9.17, 15) is 18.8 Å². The van der Waals surface area contributed by atoms with Crippen molar-refractivity contribution in [3.8, 4) is 0 Å². The zero-order valence-electron chi connectivity index (χ0n) is 21.9. The summed E-state index contributed by atoms with van der Waals surface area (Å²) >= 11 is 0.